The molecule has 6 nitrogen and oxygen atoms in total. The minimum absolute atomic E-state index is 0.0981. The number of aryl methyl sites for hydroxylation is 1. The van der Waals surface area contributed by atoms with Crippen LogP contribution in [0.3, 0.4) is 0 Å². The standard InChI is InChI=1S/C17H19N3O3/c1-11-4-3-8-18-15(11)17(21)20-13-7-9-23-16(13)12-5-6-14(22-2)19-10-12/h3-6,8,10,13,16H,7,9H2,1-2H3,(H,20,21)/t13-,16+/m0/s1. The molecule has 2 aromatic heterocycles. The Morgan fingerprint density at radius 3 is 2.91 bits per heavy atom. The smallest absolute Gasteiger partial charge is 0.270 e. The number of ether oxygens (including phenoxy) is 2. The van der Waals surface area contributed by atoms with Gasteiger partial charge in [0.2, 0.25) is 5.88 Å². The molecular weight excluding hydrogens is 294 g/mol. The van der Waals surface area contributed by atoms with Crippen LogP contribution >= 0.6 is 0 Å². The largest absolute Gasteiger partial charge is 0.481 e. The van der Waals surface area contributed by atoms with Crippen LogP contribution in [0.25, 0.3) is 0 Å². The maximum atomic E-state index is 12.4. The van der Waals surface area contributed by atoms with Crippen molar-refractivity contribution >= 4 is 5.91 Å². The molecule has 1 amide bonds. The van der Waals surface area contributed by atoms with Crippen LogP contribution in [0.2, 0.25) is 0 Å². The molecule has 0 aliphatic carbocycles. The van der Waals surface area contributed by atoms with E-state index < -0.39 is 0 Å². The fourth-order valence-electron chi connectivity index (χ4n) is 2.71. The van der Waals surface area contributed by atoms with Gasteiger partial charge in [0.25, 0.3) is 5.91 Å². The van der Waals surface area contributed by atoms with Crippen LogP contribution in [0.5, 0.6) is 5.88 Å². The van der Waals surface area contributed by atoms with Gasteiger partial charge < -0.3 is 14.8 Å². The quantitative estimate of drug-likeness (QED) is 0.935. The molecule has 0 saturated carbocycles. The molecule has 120 valence electrons. The van der Waals surface area contributed by atoms with E-state index in [-0.39, 0.29) is 18.1 Å². The first kappa shape index (κ1) is 15.4. The van der Waals surface area contributed by atoms with Gasteiger partial charge in [-0.05, 0) is 31.0 Å². The van der Waals surface area contributed by atoms with Crippen molar-refractivity contribution in [3.8, 4) is 5.88 Å². The van der Waals surface area contributed by atoms with Gasteiger partial charge in [0.05, 0.1) is 13.2 Å². The lowest BCUT2D eigenvalue weighted by molar-refractivity contribution is 0.0816. The van der Waals surface area contributed by atoms with Crippen molar-refractivity contribution in [2.75, 3.05) is 13.7 Å². The number of rotatable bonds is 4. The van der Waals surface area contributed by atoms with Crippen molar-refractivity contribution in [1.82, 2.24) is 15.3 Å². The van der Waals surface area contributed by atoms with Gasteiger partial charge >= 0.3 is 0 Å². The highest BCUT2D eigenvalue weighted by molar-refractivity contribution is 5.93. The highest BCUT2D eigenvalue weighted by Crippen LogP contribution is 2.29. The van der Waals surface area contributed by atoms with Crippen LogP contribution in [0.15, 0.2) is 36.7 Å². The fourth-order valence-corrected chi connectivity index (χ4v) is 2.71. The fraction of sp³-hybridized carbons (Fsp3) is 0.353. The number of hydrogen-bond acceptors (Lipinski definition) is 5. The lowest BCUT2D eigenvalue weighted by Crippen LogP contribution is -2.37. The number of pyridine rings is 2. The summed E-state index contributed by atoms with van der Waals surface area (Å²) in [6, 6.07) is 7.29. The van der Waals surface area contributed by atoms with Crippen molar-refractivity contribution in [1.29, 1.82) is 0 Å². The molecule has 0 spiro atoms. The van der Waals surface area contributed by atoms with Gasteiger partial charge in [0.1, 0.15) is 11.8 Å². The number of aromatic nitrogens is 2. The normalized spacial score (nSPS) is 20.3. The summed E-state index contributed by atoms with van der Waals surface area (Å²) in [4.78, 5) is 20.8. The minimum atomic E-state index is -0.207. The zero-order valence-corrected chi connectivity index (χ0v) is 13.2. The van der Waals surface area contributed by atoms with Crippen molar-refractivity contribution in [2.24, 2.45) is 0 Å². The Morgan fingerprint density at radius 2 is 2.22 bits per heavy atom. The molecule has 2 aromatic rings. The summed E-state index contributed by atoms with van der Waals surface area (Å²) in [5.41, 5.74) is 2.23. The second-order valence-electron chi connectivity index (χ2n) is 5.46. The topological polar surface area (TPSA) is 73.3 Å². The molecule has 0 aromatic carbocycles. The molecule has 1 saturated heterocycles. The zero-order valence-electron chi connectivity index (χ0n) is 13.2. The number of carbonyl (C=O) groups excluding carboxylic acids is 1. The highest BCUT2D eigenvalue weighted by atomic mass is 16.5. The summed E-state index contributed by atoms with van der Waals surface area (Å²) in [5, 5.41) is 3.03. The molecule has 6 heteroatoms. The summed E-state index contributed by atoms with van der Waals surface area (Å²) in [7, 11) is 1.58. The summed E-state index contributed by atoms with van der Waals surface area (Å²) in [6.07, 6.45) is 3.90. The van der Waals surface area contributed by atoms with Crippen LogP contribution in [0.1, 0.15) is 34.1 Å². The van der Waals surface area contributed by atoms with Gasteiger partial charge in [0, 0.05) is 30.6 Å². The Labute approximate surface area is 134 Å². The predicted octanol–water partition coefficient (Wildman–Crippen LogP) is 2.05. The van der Waals surface area contributed by atoms with Crippen LogP contribution in [-0.4, -0.2) is 35.6 Å². The summed E-state index contributed by atoms with van der Waals surface area (Å²) >= 11 is 0. The SMILES string of the molecule is COc1ccc([C@H]2OCC[C@@H]2NC(=O)c2ncccc2C)cn1. The van der Waals surface area contributed by atoms with Crippen molar-refractivity contribution < 1.29 is 14.3 Å². The first-order chi connectivity index (χ1) is 11.2. The van der Waals surface area contributed by atoms with Gasteiger partial charge in [-0.1, -0.05) is 6.07 Å². The van der Waals surface area contributed by atoms with Crippen LogP contribution in [-0.2, 0) is 4.74 Å². The van der Waals surface area contributed by atoms with Gasteiger partial charge in [-0.3, -0.25) is 9.78 Å². The second-order valence-corrected chi connectivity index (χ2v) is 5.46. The monoisotopic (exact) mass is 313 g/mol. The van der Waals surface area contributed by atoms with Gasteiger partial charge in [-0.15, -0.1) is 0 Å². The summed E-state index contributed by atoms with van der Waals surface area (Å²) in [6.45, 7) is 2.47. The molecule has 1 N–H and O–H groups in total. The van der Waals surface area contributed by atoms with E-state index in [0.29, 0.717) is 18.2 Å². The van der Waals surface area contributed by atoms with E-state index in [9.17, 15) is 4.79 Å². The predicted molar refractivity (Wildman–Crippen MR) is 84.3 cm³/mol. The summed E-state index contributed by atoms with van der Waals surface area (Å²) < 4.78 is 10.8. The number of amides is 1. The maximum Gasteiger partial charge on any atom is 0.270 e. The lowest BCUT2D eigenvalue weighted by Gasteiger charge is -2.20. The third-order valence-electron chi connectivity index (χ3n) is 3.93. The molecule has 3 heterocycles. The average molecular weight is 313 g/mol. The second kappa shape index (κ2) is 6.75. The Morgan fingerprint density at radius 1 is 1.35 bits per heavy atom. The van der Waals surface area contributed by atoms with Gasteiger partial charge in [0.15, 0.2) is 0 Å². The molecule has 1 aliphatic heterocycles. The molecule has 1 aliphatic rings. The van der Waals surface area contributed by atoms with E-state index in [2.05, 4.69) is 15.3 Å². The van der Waals surface area contributed by atoms with E-state index in [1.807, 2.05) is 25.1 Å². The third-order valence-corrected chi connectivity index (χ3v) is 3.93. The van der Waals surface area contributed by atoms with E-state index in [4.69, 9.17) is 9.47 Å². The number of nitrogens with zero attached hydrogens (tertiary/aromatic N) is 2. The first-order valence-electron chi connectivity index (χ1n) is 7.53. The molecule has 0 bridgehead atoms. The van der Waals surface area contributed by atoms with Crippen molar-refractivity contribution in [2.45, 2.75) is 25.5 Å². The van der Waals surface area contributed by atoms with Crippen LogP contribution in [0, 0.1) is 6.92 Å². The van der Waals surface area contributed by atoms with Crippen LogP contribution in [0.4, 0.5) is 0 Å². The van der Waals surface area contributed by atoms with Crippen molar-refractivity contribution in [3.05, 3.63) is 53.5 Å². The highest BCUT2D eigenvalue weighted by Gasteiger charge is 2.31. The molecule has 23 heavy (non-hydrogen) atoms. The number of hydrogen-bond donors (Lipinski definition) is 1. The third kappa shape index (κ3) is 3.32. The van der Waals surface area contributed by atoms with E-state index in [0.717, 1.165) is 17.5 Å². The van der Waals surface area contributed by atoms with Gasteiger partial charge in [-0.2, -0.15) is 0 Å². The molecule has 1 fully saturated rings. The first-order valence-corrected chi connectivity index (χ1v) is 7.53. The van der Waals surface area contributed by atoms with E-state index in [1.54, 1.807) is 25.6 Å². The Bertz CT molecular complexity index is 688. The van der Waals surface area contributed by atoms with Gasteiger partial charge in [-0.25, -0.2) is 4.98 Å². The molecule has 2 atom stereocenters. The molecule has 3 rings (SSSR count). The summed E-state index contributed by atoms with van der Waals surface area (Å²) in [5.74, 6) is 0.376. The minimum Gasteiger partial charge on any atom is -0.481 e. The average Bonchev–Trinajstić information content (AvgIpc) is 3.03. The lowest BCUT2D eigenvalue weighted by atomic mass is 10.0. The number of methoxy groups -OCH3 is 1. The van der Waals surface area contributed by atoms with Crippen LogP contribution < -0.4 is 10.1 Å². The van der Waals surface area contributed by atoms with Crippen molar-refractivity contribution in [3.63, 3.8) is 0 Å². The Hall–Kier alpha value is -2.47. The zero-order chi connectivity index (χ0) is 16.2. The number of carbonyl (C=O) groups is 1. The molecular formula is C17H19N3O3. The Balaban J connectivity index is 1.74. The molecule has 0 radical (unpaired) electrons. The number of nitrogens with one attached hydrogen (secondary N) is 1. The Kier molecular flexibility index (Phi) is 4.52. The maximum absolute atomic E-state index is 12.4. The van der Waals surface area contributed by atoms with E-state index >= 15 is 0 Å². The van der Waals surface area contributed by atoms with E-state index in [1.165, 1.54) is 0 Å². The molecule has 0 unspecified atom stereocenters.